The number of sulfonamides is 1. The molecule has 2 N–H and O–H groups in total. The molecular formula is C27H28N4O5S. The predicted molar refractivity (Wildman–Crippen MR) is 140 cm³/mol. The molecule has 1 unspecified atom stereocenters. The van der Waals surface area contributed by atoms with Gasteiger partial charge in [-0.1, -0.05) is 42.2 Å². The standard InChI is InChI=1S/C27H28N4O5S/c28-31-29-19-12-14-21(15-13-19)37(34,35)30-20-7-5-6-18(16-20)24(17-10-11-17)25-26(32)22-8-3-1-2-4-9-23(22)36-27(25)33/h5-7,12-17,24,30,32H,1-4,8-11H2. The van der Waals surface area contributed by atoms with Gasteiger partial charge in [0.05, 0.1) is 10.5 Å². The summed E-state index contributed by atoms with van der Waals surface area (Å²) in [7, 11) is -3.91. The highest BCUT2D eigenvalue weighted by molar-refractivity contribution is 7.92. The van der Waals surface area contributed by atoms with Gasteiger partial charge in [0.25, 0.3) is 10.0 Å². The number of aromatic hydroxyl groups is 1. The van der Waals surface area contributed by atoms with Crippen LogP contribution in [0.4, 0.5) is 11.4 Å². The van der Waals surface area contributed by atoms with E-state index >= 15 is 0 Å². The Morgan fingerprint density at radius 3 is 2.49 bits per heavy atom. The first kappa shape index (κ1) is 24.9. The number of hydrogen-bond donors (Lipinski definition) is 2. The summed E-state index contributed by atoms with van der Waals surface area (Å²) >= 11 is 0. The highest BCUT2D eigenvalue weighted by Gasteiger charge is 2.38. The van der Waals surface area contributed by atoms with E-state index in [1.54, 1.807) is 18.2 Å². The van der Waals surface area contributed by atoms with Gasteiger partial charge >= 0.3 is 5.63 Å². The SMILES string of the molecule is [N-]=[N+]=Nc1ccc(S(=O)(=O)Nc2cccc(C(c3c(O)c4c(oc3=O)CCCCCC4)C3CC3)c2)cc1. The summed E-state index contributed by atoms with van der Waals surface area (Å²) in [6.45, 7) is 0. The molecule has 5 rings (SSSR count). The van der Waals surface area contributed by atoms with E-state index in [4.69, 9.17) is 9.95 Å². The Morgan fingerprint density at radius 1 is 1.05 bits per heavy atom. The van der Waals surface area contributed by atoms with Crippen molar-refractivity contribution in [2.24, 2.45) is 11.0 Å². The fraction of sp³-hybridized carbons (Fsp3) is 0.370. The molecular weight excluding hydrogens is 492 g/mol. The molecule has 2 aromatic carbocycles. The Hall–Kier alpha value is -3.75. The monoisotopic (exact) mass is 520 g/mol. The molecule has 1 fully saturated rings. The second-order valence-corrected chi connectivity index (χ2v) is 11.4. The van der Waals surface area contributed by atoms with Crippen LogP contribution >= 0.6 is 0 Å². The van der Waals surface area contributed by atoms with Crippen LogP contribution < -0.4 is 10.3 Å². The Labute approximate surface area is 214 Å². The average Bonchev–Trinajstić information content (AvgIpc) is 3.69. The van der Waals surface area contributed by atoms with Crippen LogP contribution in [0, 0.1) is 5.92 Å². The first-order valence-electron chi connectivity index (χ1n) is 12.5. The van der Waals surface area contributed by atoms with Gasteiger partial charge in [-0.15, -0.1) is 0 Å². The van der Waals surface area contributed by atoms with E-state index in [0.29, 0.717) is 30.0 Å². The van der Waals surface area contributed by atoms with Crippen molar-refractivity contribution >= 4 is 21.4 Å². The summed E-state index contributed by atoms with van der Waals surface area (Å²) in [5.41, 5.74) is 10.4. The molecule has 1 saturated carbocycles. The van der Waals surface area contributed by atoms with Crippen LogP contribution in [-0.4, -0.2) is 13.5 Å². The molecule has 2 aliphatic carbocycles. The predicted octanol–water partition coefficient (Wildman–Crippen LogP) is 6.29. The number of rotatable bonds is 7. The molecule has 1 heterocycles. The minimum atomic E-state index is -3.91. The van der Waals surface area contributed by atoms with Crippen molar-refractivity contribution in [2.45, 2.75) is 62.2 Å². The van der Waals surface area contributed by atoms with Crippen LogP contribution in [0.1, 0.15) is 66.9 Å². The van der Waals surface area contributed by atoms with E-state index in [1.807, 2.05) is 6.07 Å². The summed E-state index contributed by atoms with van der Waals surface area (Å²) in [6.07, 6.45) is 7.16. The lowest BCUT2D eigenvalue weighted by Gasteiger charge is -2.22. The van der Waals surface area contributed by atoms with E-state index < -0.39 is 15.6 Å². The lowest BCUT2D eigenvalue weighted by molar-refractivity contribution is 0.382. The fourth-order valence-electron chi connectivity index (χ4n) is 5.15. The van der Waals surface area contributed by atoms with E-state index in [1.165, 1.54) is 24.3 Å². The maximum absolute atomic E-state index is 13.2. The molecule has 0 aliphatic heterocycles. The number of fused-ring (bicyclic) bond motifs is 1. The quantitative estimate of drug-likeness (QED) is 0.214. The third kappa shape index (κ3) is 5.35. The number of aryl methyl sites for hydroxylation is 1. The summed E-state index contributed by atoms with van der Waals surface area (Å²) in [5, 5.41) is 14.8. The summed E-state index contributed by atoms with van der Waals surface area (Å²) < 4.78 is 34.3. The van der Waals surface area contributed by atoms with Gasteiger partial charge < -0.3 is 9.52 Å². The number of benzene rings is 2. The molecule has 0 radical (unpaired) electrons. The van der Waals surface area contributed by atoms with Gasteiger partial charge in [-0.3, -0.25) is 4.72 Å². The van der Waals surface area contributed by atoms with Gasteiger partial charge in [0, 0.05) is 34.2 Å². The minimum absolute atomic E-state index is 0.0218. The number of hydrogen-bond acceptors (Lipinski definition) is 6. The zero-order valence-electron chi connectivity index (χ0n) is 20.3. The molecule has 3 aromatic rings. The topological polar surface area (TPSA) is 145 Å². The summed E-state index contributed by atoms with van der Waals surface area (Å²) in [5.74, 6) is 0.407. The van der Waals surface area contributed by atoms with Crippen molar-refractivity contribution < 1.29 is 17.9 Å². The Kier molecular flexibility index (Phi) is 6.95. The van der Waals surface area contributed by atoms with Crippen molar-refractivity contribution in [1.29, 1.82) is 0 Å². The van der Waals surface area contributed by atoms with Crippen molar-refractivity contribution in [3.63, 3.8) is 0 Å². The average molecular weight is 521 g/mol. The molecule has 9 nitrogen and oxygen atoms in total. The van der Waals surface area contributed by atoms with Crippen molar-refractivity contribution in [3.8, 4) is 5.75 Å². The second kappa shape index (κ2) is 10.3. The molecule has 0 spiro atoms. The maximum Gasteiger partial charge on any atom is 0.343 e. The van der Waals surface area contributed by atoms with Crippen molar-refractivity contribution in [1.82, 2.24) is 0 Å². The third-order valence-electron chi connectivity index (χ3n) is 7.10. The van der Waals surface area contributed by atoms with Crippen molar-refractivity contribution in [3.05, 3.63) is 91.8 Å². The van der Waals surface area contributed by atoms with E-state index in [-0.39, 0.29) is 28.0 Å². The first-order chi connectivity index (χ1) is 17.9. The van der Waals surface area contributed by atoms with Crippen LogP contribution in [0.25, 0.3) is 10.4 Å². The summed E-state index contributed by atoms with van der Waals surface area (Å²) in [6, 6.07) is 12.5. The molecule has 2 aliphatic rings. The van der Waals surface area contributed by atoms with Gasteiger partial charge in [-0.05, 0) is 73.4 Å². The Morgan fingerprint density at radius 2 is 1.78 bits per heavy atom. The van der Waals surface area contributed by atoms with Gasteiger partial charge in [0.2, 0.25) is 0 Å². The molecule has 192 valence electrons. The smallest absolute Gasteiger partial charge is 0.343 e. The van der Waals surface area contributed by atoms with Crippen LogP contribution in [0.5, 0.6) is 5.75 Å². The van der Waals surface area contributed by atoms with Crippen LogP contribution in [0.15, 0.2) is 67.8 Å². The Bertz CT molecular complexity index is 1520. The Balaban J connectivity index is 1.49. The highest BCUT2D eigenvalue weighted by Crippen LogP contribution is 2.49. The van der Waals surface area contributed by atoms with E-state index in [2.05, 4.69) is 14.7 Å². The van der Waals surface area contributed by atoms with Crippen molar-refractivity contribution in [2.75, 3.05) is 4.72 Å². The van der Waals surface area contributed by atoms with Gasteiger partial charge in [0.1, 0.15) is 11.5 Å². The zero-order valence-corrected chi connectivity index (χ0v) is 21.1. The van der Waals surface area contributed by atoms with Gasteiger partial charge in [0.15, 0.2) is 0 Å². The number of nitrogens with one attached hydrogen (secondary N) is 1. The van der Waals surface area contributed by atoms with Crippen LogP contribution in [0.3, 0.4) is 0 Å². The number of anilines is 1. The normalized spacial score (nSPS) is 16.5. The molecule has 37 heavy (non-hydrogen) atoms. The molecule has 1 aromatic heterocycles. The fourth-order valence-corrected chi connectivity index (χ4v) is 6.20. The molecule has 0 saturated heterocycles. The summed E-state index contributed by atoms with van der Waals surface area (Å²) in [4.78, 5) is 15.9. The first-order valence-corrected chi connectivity index (χ1v) is 14.0. The number of azide groups is 1. The van der Waals surface area contributed by atoms with E-state index in [0.717, 1.165) is 49.7 Å². The molecule has 10 heteroatoms. The highest BCUT2D eigenvalue weighted by atomic mass is 32.2. The van der Waals surface area contributed by atoms with Crippen LogP contribution in [-0.2, 0) is 22.9 Å². The number of nitrogens with zero attached hydrogens (tertiary/aromatic N) is 3. The second-order valence-electron chi connectivity index (χ2n) is 9.70. The maximum atomic E-state index is 13.2. The van der Waals surface area contributed by atoms with E-state index in [9.17, 15) is 18.3 Å². The largest absolute Gasteiger partial charge is 0.507 e. The molecule has 1 atom stereocenters. The van der Waals surface area contributed by atoms with Gasteiger partial charge in [-0.2, -0.15) is 0 Å². The zero-order chi connectivity index (χ0) is 26.0. The van der Waals surface area contributed by atoms with Gasteiger partial charge in [-0.25, -0.2) is 13.2 Å². The minimum Gasteiger partial charge on any atom is -0.507 e. The molecule has 0 amide bonds. The lowest BCUT2D eigenvalue weighted by atomic mass is 9.85. The lowest BCUT2D eigenvalue weighted by Crippen LogP contribution is -2.19. The third-order valence-corrected chi connectivity index (χ3v) is 8.50. The van der Waals surface area contributed by atoms with Crippen LogP contribution in [0.2, 0.25) is 0 Å². The molecule has 0 bridgehead atoms.